The molecule has 0 radical (unpaired) electrons. The second-order valence-electron chi connectivity index (χ2n) is 5.20. The van der Waals surface area contributed by atoms with Gasteiger partial charge in [0.25, 0.3) is 0 Å². The van der Waals surface area contributed by atoms with Crippen molar-refractivity contribution in [1.29, 1.82) is 0 Å². The van der Waals surface area contributed by atoms with E-state index in [-0.39, 0.29) is 0 Å². The van der Waals surface area contributed by atoms with Crippen LogP contribution in [0.25, 0.3) is 0 Å². The molecule has 1 atom stereocenters. The third kappa shape index (κ3) is 4.28. The molecule has 1 unspecified atom stereocenters. The molecule has 0 heterocycles. The Kier molecular flexibility index (Phi) is 4.67. The molecule has 1 aliphatic carbocycles. The van der Waals surface area contributed by atoms with Gasteiger partial charge in [-0.1, -0.05) is 18.6 Å². The minimum atomic E-state index is 0.683. The summed E-state index contributed by atoms with van der Waals surface area (Å²) in [6.45, 7) is 8.99. The monoisotopic (exact) mass is 195 g/mol. The lowest BCUT2D eigenvalue weighted by atomic mass is 9.81. The molecule has 1 rings (SSSR count). The Morgan fingerprint density at radius 3 is 2.57 bits per heavy atom. The molecular formula is C13H25N. The molecule has 0 aliphatic heterocycles. The summed E-state index contributed by atoms with van der Waals surface area (Å²) in [7, 11) is 0. The van der Waals surface area contributed by atoms with Crippen LogP contribution < -0.4 is 5.32 Å². The first kappa shape index (κ1) is 11.8. The predicted molar refractivity (Wildman–Crippen MR) is 63.4 cm³/mol. The Hall–Kier alpha value is -0.300. The first-order valence-electron chi connectivity index (χ1n) is 5.97. The maximum absolute atomic E-state index is 3.69. The van der Waals surface area contributed by atoms with Gasteiger partial charge in [-0.15, -0.1) is 0 Å². The molecule has 0 aromatic rings. The fourth-order valence-electron chi connectivity index (χ4n) is 2.15. The van der Waals surface area contributed by atoms with Gasteiger partial charge in [-0.05, 0) is 52.4 Å². The van der Waals surface area contributed by atoms with Crippen LogP contribution in [0.15, 0.2) is 11.6 Å². The molecule has 0 aromatic heterocycles. The highest BCUT2D eigenvalue weighted by Gasteiger charge is 2.25. The van der Waals surface area contributed by atoms with E-state index in [1.807, 2.05) is 0 Å². The summed E-state index contributed by atoms with van der Waals surface area (Å²) in [5.74, 6) is 0.956. The van der Waals surface area contributed by atoms with Gasteiger partial charge >= 0.3 is 0 Å². The van der Waals surface area contributed by atoms with Gasteiger partial charge < -0.3 is 5.32 Å². The average Bonchev–Trinajstić information content (AvgIpc) is 2.00. The van der Waals surface area contributed by atoms with Crippen molar-refractivity contribution in [1.82, 2.24) is 5.32 Å². The highest BCUT2D eigenvalue weighted by Crippen LogP contribution is 2.26. The fraction of sp³-hybridized carbons (Fsp3) is 0.846. The third-order valence-corrected chi connectivity index (χ3v) is 3.05. The molecule has 1 nitrogen and oxygen atoms in total. The third-order valence-electron chi connectivity index (χ3n) is 3.05. The molecule has 0 spiro atoms. The van der Waals surface area contributed by atoms with Crippen molar-refractivity contribution in [2.24, 2.45) is 5.92 Å². The van der Waals surface area contributed by atoms with E-state index < -0.39 is 0 Å². The quantitative estimate of drug-likeness (QED) is 0.662. The van der Waals surface area contributed by atoms with Gasteiger partial charge in [0.2, 0.25) is 0 Å². The van der Waals surface area contributed by atoms with Gasteiger partial charge in [0.15, 0.2) is 0 Å². The first-order chi connectivity index (χ1) is 6.58. The molecule has 1 heteroatoms. The van der Waals surface area contributed by atoms with Crippen molar-refractivity contribution >= 4 is 0 Å². The van der Waals surface area contributed by atoms with Crippen LogP contribution in [0.2, 0.25) is 0 Å². The normalized spacial score (nSPS) is 28.0. The van der Waals surface area contributed by atoms with Crippen molar-refractivity contribution < 1.29 is 0 Å². The van der Waals surface area contributed by atoms with Crippen molar-refractivity contribution in [3.05, 3.63) is 11.6 Å². The van der Waals surface area contributed by atoms with Gasteiger partial charge in [-0.25, -0.2) is 0 Å². The van der Waals surface area contributed by atoms with Crippen LogP contribution in [-0.4, -0.2) is 12.1 Å². The minimum absolute atomic E-state index is 0.683. The number of hydrogen-bond acceptors (Lipinski definition) is 1. The molecule has 1 aliphatic rings. The number of allylic oxidation sites excluding steroid dienone is 2. The summed E-state index contributed by atoms with van der Waals surface area (Å²) in [5.41, 5.74) is 1.44. The van der Waals surface area contributed by atoms with Crippen molar-refractivity contribution in [2.75, 3.05) is 0 Å². The molecule has 0 saturated heterocycles. The van der Waals surface area contributed by atoms with Gasteiger partial charge in [-0.3, -0.25) is 0 Å². The molecule has 0 bridgehead atoms. The predicted octanol–water partition coefficient (Wildman–Crippen LogP) is 3.51. The second-order valence-corrected chi connectivity index (χ2v) is 5.20. The Balaban J connectivity index is 2.04. The second kappa shape index (κ2) is 5.55. The average molecular weight is 195 g/mol. The Morgan fingerprint density at radius 1 is 1.43 bits per heavy atom. The zero-order valence-electron chi connectivity index (χ0n) is 10.1. The molecular weight excluding hydrogens is 170 g/mol. The standard InChI is InChI=1S/C13H25N/c1-10(2)6-5-7-12(4)14-13-8-11(3)9-13/h6,11-14H,5,7-9H2,1-4H3. The largest absolute Gasteiger partial charge is 0.311 e. The summed E-state index contributed by atoms with van der Waals surface area (Å²) in [6, 6.07) is 1.50. The lowest BCUT2D eigenvalue weighted by Gasteiger charge is -2.35. The lowest BCUT2D eigenvalue weighted by Crippen LogP contribution is -2.44. The van der Waals surface area contributed by atoms with E-state index in [2.05, 4.69) is 39.1 Å². The fourth-order valence-corrected chi connectivity index (χ4v) is 2.15. The van der Waals surface area contributed by atoms with Gasteiger partial charge in [0.05, 0.1) is 0 Å². The number of nitrogens with one attached hydrogen (secondary N) is 1. The van der Waals surface area contributed by atoms with Gasteiger partial charge in [-0.2, -0.15) is 0 Å². The van der Waals surface area contributed by atoms with E-state index in [0.29, 0.717) is 6.04 Å². The van der Waals surface area contributed by atoms with Gasteiger partial charge in [0.1, 0.15) is 0 Å². The van der Waals surface area contributed by atoms with Gasteiger partial charge in [0, 0.05) is 12.1 Å². The van der Waals surface area contributed by atoms with Crippen LogP contribution in [-0.2, 0) is 0 Å². The van der Waals surface area contributed by atoms with Crippen molar-refractivity contribution in [3.8, 4) is 0 Å². The van der Waals surface area contributed by atoms with Crippen LogP contribution in [0, 0.1) is 5.92 Å². The van der Waals surface area contributed by atoms with Crippen LogP contribution in [0.3, 0.4) is 0 Å². The molecule has 0 aromatic carbocycles. The Bertz CT molecular complexity index is 185. The summed E-state index contributed by atoms with van der Waals surface area (Å²) in [6.07, 6.45) is 7.59. The summed E-state index contributed by atoms with van der Waals surface area (Å²) >= 11 is 0. The smallest absolute Gasteiger partial charge is 0.00746 e. The maximum atomic E-state index is 3.69. The number of hydrogen-bond donors (Lipinski definition) is 1. The first-order valence-corrected chi connectivity index (χ1v) is 5.97. The lowest BCUT2D eigenvalue weighted by molar-refractivity contribution is 0.223. The van der Waals surface area contributed by atoms with Crippen molar-refractivity contribution in [2.45, 2.75) is 65.5 Å². The molecule has 14 heavy (non-hydrogen) atoms. The van der Waals surface area contributed by atoms with E-state index in [0.717, 1.165) is 12.0 Å². The summed E-state index contributed by atoms with van der Waals surface area (Å²) < 4.78 is 0. The zero-order chi connectivity index (χ0) is 10.6. The Labute approximate surface area is 89.0 Å². The molecule has 82 valence electrons. The van der Waals surface area contributed by atoms with E-state index in [9.17, 15) is 0 Å². The molecule has 0 amide bonds. The Morgan fingerprint density at radius 2 is 2.07 bits per heavy atom. The highest BCUT2D eigenvalue weighted by molar-refractivity contribution is 4.93. The summed E-state index contributed by atoms with van der Waals surface area (Å²) in [4.78, 5) is 0. The van der Waals surface area contributed by atoms with E-state index >= 15 is 0 Å². The van der Waals surface area contributed by atoms with E-state index in [1.54, 1.807) is 0 Å². The zero-order valence-corrected chi connectivity index (χ0v) is 10.1. The SMILES string of the molecule is CC(C)=CCCC(C)NC1CC(C)C1. The van der Waals surface area contributed by atoms with Crippen LogP contribution in [0.5, 0.6) is 0 Å². The summed E-state index contributed by atoms with van der Waals surface area (Å²) in [5, 5.41) is 3.69. The topological polar surface area (TPSA) is 12.0 Å². The number of rotatable bonds is 5. The molecule has 1 saturated carbocycles. The van der Waals surface area contributed by atoms with Crippen LogP contribution >= 0.6 is 0 Å². The van der Waals surface area contributed by atoms with E-state index in [1.165, 1.54) is 31.3 Å². The van der Waals surface area contributed by atoms with E-state index in [4.69, 9.17) is 0 Å². The molecule has 1 N–H and O–H groups in total. The maximum Gasteiger partial charge on any atom is 0.00746 e. The van der Waals surface area contributed by atoms with Crippen LogP contribution in [0.1, 0.15) is 53.4 Å². The van der Waals surface area contributed by atoms with Crippen molar-refractivity contribution in [3.63, 3.8) is 0 Å². The minimum Gasteiger partial charge on any atom is -0.311 e. The highest BCUT2D eigenvalue weighted by atomic mass is 15.0. The molecule has 1 fully saturated rings. The van der Waals surface area contributed by atoms with Crippen LogP contribution in [0.4, 0.5) is 0 Å².